The SMILES string of the molecule is CC1=C(/C=C/C(C)=C/C=C/C(C)=C/C(=O)OC[C@H](O)[C@H]2OC(=O)C(O)=C2O)C(C)(C)CCC1. The van der Waals surface area contributed by atoms with Crippen LogP contribution in [0, 0.1) is 5.41 Å². The van der Waals surface area contributed by atoms with Crippen molar-refractivity contribution < 1.29 is 34.4 Å². The molecule has 180 valence electrons. The molecule has 0 saturated heterocycles. The smallest absolute Gasteiger partial charge is 0.377 e. The predicted octanol–water partition coefficient (Wildman–Crippen LogP) is 4.68. The second-order valence-electron chi connectivity index (χ2n) is 9.18. The van der Waals surface area contributed by atoms with E-state index < -0.39 is 42.3 Å². The summed E-state index contributed by atoms with van der Waals surface area (Å²) in [7, 11) is 0. The third-order valence-corrected chi connectivity index (χ3v) is 5.80. The molecular formula is C26H34O7. The van der Waals surface area contributed by atoms with Crippen LogP contribution in [0.1, 0.15) is 53.9 Å². The van der Waals surface area contributed by atoms with Gasteiger partial charge in [0.05, 0.1) is 0 Å². The molecule has 2 atom stereocenters. The van der Waals surface area contributed by atoms with Crippen LogP contribution in [0.25, 0.3) is 0 Å². The fourth-order valence-corrected chi connectivity index (χ4v) is 3.89. The molecule has 2 aliphatic rings. The Morgan fingerprint density at radius 1 is 1.24 bits per heavy atom. The first-order valence-corrected chi connectivity index (χ1v) is 11.0. The van der Waals surface area contributed by atoms with Crippen molar-refractivity contribution >= 4 is 11.9 Å². The lowest BCUT2D eigenvalue weighted by molar-refractivity contribution is -0.151. The van der Waals surface area contributed by atoms with Gasteiger partial charge in [-0.15, -0.1) is 0 Å². The van der Waals surface area contributed by atoms with Crippen molar-refractivity contribution in [3.05, 3.63) is 70.3 Å². The Hall–Kier alpha value is -3.06. The monoisotopic (exact) mass is 458 g/mol. The molecule has 0 bridgehead atoms. The Labute approximate surface area is 195 Å². The molecule has 1 aliphatic heterocycles. The number of aliphatic hydroxyl groups excluding tert-OH is 3. The van der Waals surface area contributed by atoms with E-state index in [1.54, 1.807) is 13.0 Å². The number of cyclic esters (lactones) is 1. The highest BCUT2D eigenvalue weighted by molar-refractivity contribution is 5.89. The van der Waals surface area contributed by atoms with E-state index in [1.807, 2.05) is 19.1 Å². The quantitative estimate of drug-likeness (QED) is 0.275. The molecule has 2 rings (SSSR count). The van der Waals surface area contributed by atoms with E-state index in [1.165, 1.54) is 30.1 Å². The topological polar surface area (TPSA) is 113 Å². The van der Waals surface area contributed by atoms with E-state index in [-0.39, 0.29) is 5.41 Å². The van der Waals surface area contributed by atoms with Crippen LogP contribution in [0.4, 0.5) is 0 Å². The van der Waals surface area contributed by atoms with E-state index in [9.17, 15) is 24.9 Å². The lowest BCUT2D eigenvalue weighted by Crippen LogP contribution is -2.33. The van der Waals surface area contributed by atoms with Crippen LogP contribution < -0.4 is 0 Å². The van der Waals surface area contributed by atoms with Gasteiger partial charge in [0.25, 0.3) is 0 Å². The number of hydrogen-bond acceptors (Lipinski definition) is 7. The maximum absolute atomic E-state index is 11.9. The van der Waals surface area contributed by atoms with Gasteiger partial charge in [-0.05, 0) is 56.6 Å². The number of rotatable bonds is 8. The van der Waals surface area contributed by atoms with Crippen LogP contribution in [0.2, 0.25) is 0 Å². The third-order valence-electron chi connectivity index (χ3n) is 5.80. The van der Waals surface area contributed by atoms with Gasteiger partial charge >= 0.3 is 11.9 Å². The molecule has 0 radical (unpaired) electrons. The number of ether oxygens (including phenoxy) is 2. The molecule has 0 amide bonds. The van der Waals surface area contributed by atoms with Crippen LogP contribution in [0.15, 0.2) is 70.3 Å². The van der Waals surface area contributed by atoms with Gasteiger partial charge in [-0.1, -0.05) is 55.4 Å². The number of aliphatic hydroxyl groups is 3. The Kier molecular flexibility index (Phi) is 8.88. The maximum Gasteiger partial charge on any atom is 0.377 e. The highest BCUT2D eigenvalue weighted by Crippen LogP contribution is 2.40. The average molecular weight is 459 g/mol. The second-order valence-corrected chi connectivity index (χ2v) is 9.18. The lowest BCUT2D eigenvalue weighted by atomic mass is 9.72. The van der Waals surface area contributed by atoms with E-state index >= 15 is 0 Å². The summed E-state index contributed by atoms with van der Waals surface area (Å²) in [5, 5.41) is 28.7. The molecule has 3 N–H and O–H groups in total. The first kappa shape index (κ1) is 26.2. The van der Waals surface area contributed by atoms with E-state index in [4.69, 9.17) is 4.74 Å². The zero-order valence-electron chi connectivity index (χ0n) is 19.9. The van der Waals surface area contributed by atoms with Crippen LogP contribution in [0.5, 0.6) is 0 Å². The zero-order chi connectivity index (χ0) is 24.8. The lowest BCUT2D eigenvalue weighted by Gasteiger charge is -2.32. The van der Waals surface area contributed by atoms with Crippen molar-refractivity contribution in [1.29, 1.82) is 0 Å². The summed E-state index contributed by atoms with van der Waals surface area (Å²) < 4.78 is 9.55. The van der Waals surface area contributed by atoms with E-state index in [0.717, 1.165) is 12.0 Å². The highest BCUT2D eigenvalue weighted by atomic mass is 16.6. The average Bonchev–Trinajstić information content (AvgIpc) is 2.98. The largest absolute Gasteiger partial charge is 0.505 e. The Morgan fingerprint density at radius 3 is 2.55 bits per heavy atom. The van der Waals surface area contributed by atoms with Gasteiger partial charge in [0.1, 0.15) is 12.7 Å². The fraction of sp³-hybridized carbons (Fsp3) is 0.462. The number of carbonyl (C=O) groups excluding carboxylic acids is 2. The normalized spacial score (nSPS) is 23.0. The second kappa shape index (κ2) is 11.2. The number of esters is 2. The number of hydrogen-bond donors (Lipinski definition) is 3. The zero-order valence-corrected chi connectivity index (χ0v) is 19.9. The van der Waals surface area contributed by atoms with E-state index in [2.05, 4.69) is 37.7 Å². The van der Waals surface area contributed by atoms with Gasteiger partial charge in [0.2, 0.25) is 5.76 Å². The summed E-state index contributed by atoms with van der Waals surface area (Å²) in [6, 6.07) is 0. The van der Waals surface area contributed by atoms with Crippen LogP contribution in [-0.4, -0.2) is 46.1 Å². The van der Waals surface area contributed by atoms with Crippen molar-refractivity contribution in [1.82, 2.24) is 0 Å². The molecule has 0 spiro atoms. The van der Waals surface area contributed by atoms with Gasteiger partial charge in [0, 0.05) is 6.08 Å². The summed E-state index contributed by atoms with van der Waals surface area (Å²) in [5.41, 5.74) is 4.76. The summed E-state index contributed by atoms with van der Waals surface area (Å²) in [4.78, 5) is 23.1. The molecule has 0 aromatic rings. The molecular weight excluding hydrogens is 424 g/mol. The van der Waals surface area contributed by atoms with Gasteiger partial charge in [0.15, 0.2) is 11.9 Å². The minimum Gasteiger partial charge on any atom is -0.505 e. The Bertz CT molecular complexity index is 957. The summed E-state index contributed by atoms with van der Waals surface area (Å²) in [5.74, 6) is -3.58. The van der Waals surface area contributed by atoms with Crippen LogP contribution in [0.3, 0.4) is 0 Å². The first-order valence-electron chi connectivity index (χ1n) is 11.0. The predicted molar refractivity (Wildman–Crippen MR) is 125 cm³/mol. The van der Waals surface area contributed by atoms with Crippen molar-refractivity contribution in [2.45, 2.75) is 66.1 Å². The van der Waals surface area contributed by atoms with Crippen molar-refractivity contribution in [3.8, 4) is 0 Å². The Morgan fingerprint density at radius 2 is 1.94 bits per heavy atom. The molecule has 1 aliphatic carbocycles. The van der Waals surface area contributed by atoms with Crippen molar-refractivity contribution in [2.75, 3.05) is 6.61 Å². The number of allylic oxidation sites excluding steroid dienone is 9. The van der Waals surface area contributed by atoms with Gasteiger partial charge in [-0.25, -0.2) is 9.59 Å². The molecule has 0 aromatic heterocycles. The minimum absolute atomic E-state index is 0.192. The fourth-order valence-electron chi connectivity index (χ4n) is 3.89. The molecule has 0 saturated carbocycles. The van der Waals surface area contributed by atoms with Gasteiger partial charge in [-0.3, -0.25) is 0 Å². The first-order chi connectivity index (χ1) is 15.4. The Balaban J connectivity index is 1.88. The molecule has 7 nitrogen and oxygen atoms in total. The molecule has 33 heavy (non-hydrogen) atoms. The summed E-state index contributed by atoms with van der Waals surface area (Å²) in [6.07, 6.45) is 11.7. The van der Waals surface area contributed by atoms with Crippen LogP contribution >= 0.6 is 0 Å². The molecule has 1 heterocycles. The van der Waals surface area contributed by atoms with Crippen molar-refractivity contribution in [2.24, 2.45) is 5.41 Å². The maximum atomic E-state index is 11.9. The molecule has 0 fully saturated rings. The highest BCUT2D eigenvalue weighted by Gasteiger charge is 2.39. The molecule has 0 aromatic carbocycles. The minimum atomic E-state index is -1.50. The summed E-state index contributed by atoms with van der Waals surface area (Å²) >= 11 is 0. The van der Waals surface area contributed by atoms with Crippen LogP contribution in [-0.2, 0) is 19.1 Å². The van der Waals surface area contributed by atoms with Gasteiger partial charge < -0.3 is 24.8 Å². The van der Waals surface area contributed by atoms with Crippen molar-refractivity contribution in [3.63, 3.8) is 0 Å². The third kappa shape index (κ3) is 7.22. The molecule has 7 heteroatoms. The van der Waals surface area contributed by atoms with E-state index in [0.29, 0.717) is 5.57 Å². The molecule has 0 unspecified atom stereocenters. The summed E-state index contributed by atoms with van der Waals surface area (Å²) in [6.45, 7) is 10.00. The number of carbonyl (C=O) groups is 2. The van der Waals surface area contributed by atoms with Gasteiger partial charge in [-0.2, -0.15) is 0 Å². The standard InChI is InChI=1S/C26H34O7/c1-16(11-12-19-18(3)10-7-13-26(19,4)5)8-6-9-17(2)14-21(28)32-15-20(27)24-22(29)23(30)25(31)33-24/h6,8-9,11-12,14,20,24,27,29-30H,7,10,13,15H2,1-5H3/b9-6+,12-11+,16-8+,17-14+/t20-,24+/m0/s1.